The average molecular weight is 309 g/mol. The number of sulfonamides is 1. The van der Waals surface area contributed by atoms with Gasteiger partial charge >= 0.3 is 0 Å². The highest BCUT2D eigenvalue weighted by molar-refractivity contribution is 7.89. The molecule has 0 saturated carbocycles. The zero-order valence-corrected chi connectivity index (χ0v) is 12.8. The summed E-state index contributed by atoms with van der Waals surface area (Å²) in [5, 5.41) is 0. The van der Waals surface area contributed by atoms with Crippen molar-refractivity contribution >= 4 is 10.0 Å². The SMILES string of the molecule is Cc1ccc(S(=O)(=O)N(CC2=CCCO2)CC2CO2)cc1. The number of epoxide rings is 1. The number of ether oxygens (including phenoxy) is 2. The number of benzene rings is 1. The molecule has 1 aromatic rings. The summed E-state index contributed by atoms with van der Waals surface area (Å²) in [5.41, 5.74) is 1.04. The summed E-state index contributed by atoms with van der Waals surface area (Å²) in [6, 6.07) is 6.92. The van der Waals surface area contributed by atoms with E-state index in [-0.39, 0.29) is 12.6 Å². The minimum atomic E-state index is -3.53. The summed E-state index contributed by atoms with van der Waals surface area (Å²) in [6.07, 6.45) is 2.80. The van der Waals surface area contributed by atoms with Gasteiger partial charge in [-0.1, -0.05) is 17.7 Å². The second-order valence-corrected chi connectivity index (χ2v) is 7.31. The van der Waals surface area contributed by atoms with Gasteiger partial charge in [-0.3, -0.25) is 0 Å². The fourth-order valence-corrected chi connectivity index (χ4v) is 3.70. The van der Waals surface area contributed by atoms with Crippen LogP contribution in [0, 0.1) is 6.92 Å². The molecular weight excluding hydrogens is 290 g/mol. The number of aryl methyl sites for hydroxylation is 1. The average Bonchev–Trinajstić information content (AvgIpc) is 3.12. The highest BCUT2D eigenvalue weighted by atomic mass is 32.2. The highest BCUT2D eigenvalue weighted by Crippen LogP contribution is 2.22. The van der Waals surface area contributed by atoms with Crippen molar-refractivity contribution in [3.05, 3.63) is 41.7 Å². The third-order valence-electron chi connectivity index (χ3n) is 3.58. The predicted octanol–water partition coefficient (Wildman–Crippen LogP) is 1.69. The minimum Gasteiger partial charge on any atom is -0.497 e. The molecule has 2 heterocycles. The molecule has 0 aliphatic carbocycles. The molecule has 5 nitrogen and oxygen atoms in total. The van der Waals surface area contributed by atoms with Gasteiger partial charge in [0.05, 0.1) is 30.8 Å². The second kappa shape index (κ2) is 5.79. The fraction of sp³-hybridized carbons (Fsp3) is 0.467. The Morgan fingerprint density at radius 1 is 1.29 bits per heavy atom. The van der Waals surface area contributed by atoms with Crippen LogP contribution >= 0.6 is 0 Å². The van der Waals surface area contributed by atoms with Crippen LogP contribution in [0.2, 0.25) is 0 Å². The third-order valence-corrected chi connectivity index (χ3v) is 5.40. The molecule has 0 bridgehead atoms. The molecule has 0 amide bonds. The molecule has 114 valence electrons. The van der Waals surface area contributed by atoms with E-state index in [4.69, 9.17) is 9.47 Å². The summed E-state index contributed by atoms with van der Waals surface area (Å²) in [7, 11) is -3.53. The number of nitrogens with zero attached hydrogens (tertiary/aromatic N) is 1. The van der Waals surface area contributed by atoms with Crippen molar-refractivity contribution in [2.75, 3.05) is 26.3 Å². The van der Waals surface area contributed by atoms with Gasteiger partial charge in [-0.05, 0) is 25.1 Å². The van der Waals surface area contributed by atoms with E-state index in [1.54, 1.807) is 12.1 Å². The Morgan fingerprint density at radius 2 is 2.00 bits per heavy atom. The van der Waals surface area contributed by atoms with E-state index in [0.29, 0.717) is 24.7 Å². The van der Waals surface area contributed by atoms with E-state index < -0.39 is 10.0 Å². The Morgan fingerprint density at radius 3 is 2.57 bits per heavy atom. The van der Waals surface area contributed by atoms with Crippen molar-refractivity contribution in [3.63, 3.8) is 0 Å². The van der Waals surface area contributed by atoms with E-state index in [1.165, 1.54) is 4.31 Å². The van der Waals surface area contributed by atoms with Gasteiger partial charge in [-0.25, -0.2) is 8.42 Å². The molecule has 3 rings (SSSR count). The highest BCUT2D eigenvalue weighted by Gasteiger charge is 2.33. The molecule has 1 unspecified atom stereocenters. The topological polar surface area (TPSA) is 59.1 Å². The van der Waals surface area contributed by atoms with Gasteiger partial charge in [-0.2, -0.15) is 4.31 Å². The zero-order valence-electron chi connectivity index (χ0n) is 12.0. The van der Waals surface area contributed by atoms with Crippen LogP contribution in [-0.4, -0.2) is 45.1 Å². The Hall–Kier alpha value is -1.37. The normalized spacial score (nSPS) is 21.2. The van der Waals surface area contributed by atoms with Gasteiger partial charge in [0.2, 0.25) is 10.0 Å². The molecule has 6 heteroatoms. The lowest BCUT2D eigenvalue weighted by atomic mass is 10.2. The predicted molar refractivity (Wildman–Crippen MR) is 78.3 cm³/mol. The van der Waals surface area contributed by atoms with Crippen LogP contribution in [-0.2, 0) is 19.5 Å². The molecular formula is C15H19NO4S. The van der Waals surface area contributed by atoms with Crippen LogP contribution in [0.25, 0.3) is 0 Å². The number of hydrogen-bond acceptors (Lipinski definition) is 4. The number of hydrogen-bond donors (Lipinski definition) is 0. The van der Waals surface area contributed by atoms with Gasteiger partial charge < -0.3 is 9.47 Å². The Bertz CT molecular complexity index is 632. The molecule has 0 radical (unpaired) electrons. The summed E-state index contributed by atoms with van der Waals surface area (Å²) >= 11 is 0. The first-order valence-corrected chi connectivity index (χ1v) is 8.50. The van der Waals surface area contributed by atoms with Crippen LogP contribution in [0.5, 0.6) is 0 Å². The van der Waals surface area contributed by atoms with Gasteiger partial charge in [-0.15, -0.1) is 0 Å². The minimum absolute atomic E-state index is 0.00669. The Balaban J connectivity index is 1.84. The van der Waals surface area contributed by atoms with Crippen molar-refractivity contribution < 1.29 is 17.9 Å². The van der Waals surface area contributed by atoms with Crippen LogP contribution in [0.4, 0.5) is 0 Å². The van der Waals surface area contributed by atoms with E-state index in [2.05, 4.69) is 0 Å². The zero-order chi connectivity index (χ0) is 14.9. The van der Waals surface area contributed by atoms with Crippen LogP contribution in [0.15, 0.2) is 41.0 Å². The maximum Gasteiger partial charge on any atom is 0.243 e. The largest absolute Gasteiger partial charge is 0.497 e. The lowest BCUT2D eigenvalue weighted by Gasteiger charge is -2.22. The first-order valence-electron chi connectivity index (χ1n) is 7.06. The molecule has 2 aliphatic heterocycles. The summed E-state index contributed by atoms with van der Waals surface area (Å²) in [6.45, 7) is 3.84. The van der Waals surface area contributed by atoms with Crippen LogP contribution in [0.3, 0.4) is 0 Å². The molecule has 0 spiro atoms. The molecule has 1 atom stereocenters. The summed E-state index contributed by atoms with van der Waals surface area (Å²) < 4.78 is 37.7. The second-order valence-electron chi connectivity index (χ2n) is 5.37. The smallest absolute Gasteiger partial charge is 0.243 e. The fourth-order valence-electron chi connectivity index (χ4n) is 2.26. The van der Waals surface area contributed by atoms with Crippen molar-refractivity contribution in [1.29, 1.82) is 0 Å². The lowest BCUT2D eigenvalue weighted by molar-refractivity contribution is 0.218. The van der Waals surface area contributed by atoms with Crippen LogP contribution in [0.1, 0.15) is 12.0 Å². The maximum atomic E-state index is 12.8. The molecule has 21 heavy (non-hydrogen) atoms. The summed E-state index contributed by atoms with van der Waals surface area (Å²) in [5.74, 6) is 0.728. The van der Waals surface area contributed by atoms with Crippen molar-refractivity contribution in [2.24, 2.45) is 0 Å². The molecule has 1 aromatic carbocycles. The van der Waals surface area contributed by atoms with Gasteiger partial charge in [0.15, 0.2) is 0 Å². The Kier molecular flexibility index (Phi) is 4.01. The van der Waals surface area contributed by atoms with Crippen LogP contribution < -0.4 is 0 Å². The summed E-state index contributed by atoms with van der Waals surface area (Å²) in [4.78, 5) is 0.312. The monoisotopic (exact) mass is 309 g/mol. The van der Waals surface area contributed by atoms with E-state index >= 15 is 0 Å². The van der Waals surface area contributed by atoms with Gasteiger partial charge in [0.25, 0.3) is 0 Å². The van der Waals surface area contributed by atoms with Gasteiger partial charge in [0.1, 0.15) is 5.76 Å². The molecule has 1 saturated heterocycles. The van der Waals surface area contributed by atoms with E-state index in [1.807, 2.05) is 25.1 Å². The lowest BCUT2D eigenvalue weighted by Crippen LogP contribution is -2.36. The maximum absolute atomic E-state index is 12.8. The third kappa shape index (κ3) is 3.45. The standard InChI is InChI=1S/C15H19NO4S/c1-12-4-6-15(7-5-12)21(17,18)16(10-14-11-20-14)9-13-3-2-8-19-13/h3-7,14H,2,8-11H2,1H3. The van der Waals surface area contributed by atoms with Gasteiger partial charge in [0, 0.05) is 13.0 Å². The number of rotatable bonds is 6. The van der Waals surface area contributed by atoms with E-state index in [0.717, 1.165) is 17.7 Å². The van der Waals surface area contributed by atoms with Crippen molar-refractivity contribution in [2.45, 2.75) is 24.3 Å². The molecule has 1 fully saturated rings. The molecule has 2 aliphatic rings. The van der Waals surface area contributed by atoms with Crippen molar-refractivity contribution in [1.82, 2.24) is 4.31 Å². The first-order chi connectivity index (χ1) is 10.1. The Labute approximate surface area is 125 Å². The van der Waals surface area contributed by atoms with Crippen molar-refractivity contribution in [3.8, 4) is 0 Å². The van der Waals surface area contributed by atoms with E-state index in [9.17, 15) is 8.42 Å². The first kappa shape index (κ1) is 14.6. The molecule has 0 aromatic heterocycles. The quantitative estimate of drug-likeness (QED) is 0.750. The molecule has 0 N–H and O–H groups in total.